The van der Waals surface area contributed by atoms with E-state index in [1.54, 1.807) is 6.08 Å². The summed E-state index contributed by atoms with van der Waals surface area (Å²) >= 11 is 8.42. The number of hydrogen-bond acceptors (Lipinski definition) is 2. The summed E-state index contributed by atoms with van der Waals surface area (Å²) in [6, 6.07) is 3.94. The highest BCUT2D eigenvalue weighted by Gasteiger charge is 2.09. The smallest absolute Gasteiger partial charge is 0.234 e. The largest absolute Gasteiger partial charge is 0.323 e. The Balaban J connectivity index is 2.68. The van der Waals surface area contributed by atoms with Gasteiger partial charge >= 0.3 is 0 Å². The van der Waals surface area contributed by atoms with E-state index in [4.69, 9.17) is 0 Å². The van der Waals surface area contributed by atoms with Crippen LogP contribution in [0.15, 0.2) is 33.7 Å². The normalized spacial score (nSPS) is 10.1. The lowest BCUT2D eigenvalue weighted by molar-refractivity contribution is -0.113. The van der Waals surface area contributed by atoms with Crippen molar-refractivity contribution in [3.8, 4) is 0 Å². The average Bonchev–Trinajstić information content (AvgIpc) is 2.24. The third-order valence-corrected chi connectivity index (χ3v) is 4.11. The van der Waals surface area contributed by atoms with Gasteiger partial charge in [0.2, 0.25) is 5.91 Å². The van der Waals surface area contributed by atoms with Gasteiger partial charge in [-0.2, -0.15) is 0 Å². The molecule has 0 unspecified atom stereocenters. The van der Waals surface area contributed by atoms with Crippen LogP contribution >= 0.6 is 43.6 Å². The topological polar surface area (TPSA) is 29.1 Å². The fourth-order valence-corrected chi connectivity index (χ4v) is 3.39. The predicted molar refractivity (Wildman–Crippen MR) is 82.7 cm³/mol. The van der Waals surface area contributed by atoms with Gasteiger partial charge in [0.15, 0.2) is 0 Å². The van der Waals surface area contributed by atoms with Crippen LogP contribution in [0.25, 0.3) is 0 Å². The Morgan fingerprint density at radius 3 is 2.59 bits per heavy atom. The molecule has 0 saturated heterocycles. The third kappa shape index (κ3) is 4.85. The summed E-state index contributed by atoms with van der Waals surface area (Å²) in [6.45, 7) is 5.61. The number of benzene rings is 1. The van der Waals surface area contributed by atoms with Crippen molar-refractivity contribution in [3.05, 3.63) is 39.3 Å². The van der Waals surface area contributed by atoms with Gasteiger partial charge in [-0.05, 0) is 56.5 Å². The van der Waals surface area contributed by atoms with E-state index in [-0.39, 0.29) is 5.91 Å². The zero-order valence-electron chi connectivity index (χ0n) is 9.43. The number of anilines is 1. The quantitative estimate of drug-likeness (QED) is 0.608. The molecular weight excluding hydrogens is 366 g/mol. The number of thioether (sulfide) groups is 1. The van der Waals surface area contributed by atoms with Crippen LogP contribution in [0.2, 0.25) is 0 Å². The lowest BCUT2D eigenvalue weighted by atomic mass is 10.2. The molecule has 0 aliphatic rings. The first-order chi connectivity index (χ1) is 8.04. The molecule has 0 aliphatic heterocycles. The lowest BCUT2D eigenvalue weighted by Crippen LogP contribution is -2.15. The molecule has 0 radical (unpaired) electrons. The molecule has 1 rings (SSSR count). The summed E-state index contributed by atoms with van der Waals surface area (Å²) in [5.41, 5.74) is 1.91. The van der Waals surface area contributed by atoms with Gasteiger partial charge in [0, 0.05) is 14.7 Å². The highest BCUT2D eigenvalue weighted by molar-refractivity contribution is 9.11. The molecule has 5 heteroatoms. The second-order valence-electron chi connectivity index (χ2n) is 3.46. The highest BCUT2D eigenvalue weighted by atomic mass is 79.9. The Kier molecular flexibility index (Phi) is 6.30. The van der Waals surface area contributed by atoms with Gasteiger partial charge in [0.05, 0.1) is 11.4 Å². The molecule has 2 nitrogen and oxygen atoms in total. The summed E-state index contributed by atoms with van der Waals surface area (Å²) in [4.78, 5) is 11.7. The Morgan fingerprint density at radius 2 is 2.06 bits per heavy atom. The van der Waals surface area contributed by atoms with Crippen LogP contribution in [0, 0.1) is 6.92 Å². The number of aryl methyl sites for hydroxylation is 1. The standard InChI is InChI=1S/C12H13Br2NOS/c1-3-4-17-7-11(16)15-12-9(13)5-8(2)6-10(12)14/h3,5-6H,1,4,7H2,2H3,(H,15,16). The number of carbonyl (C=O) groups excluding carboxylic acids is 1. The Labute approximate surface area is 123 Å². The van der Waals surface area contributed by atoms with E-state index in [9.17, 15) is 4.79 Å². The van der Waals surface area contributed by atoms with Crippen molar-refractivity contribution in [1.29, 1.82) is 0 Å². The van der Waals surface area contributed by atoms with E-state index in [0.29, 0.717) is 5.75 Å². The average molecular weight is 379 g/mol. The van der Waals surface area contributed by atoms with Crippen LogP contribution in [0.1, 0.15) is 5.56 Å². The van der Waals surface area contributed by atoms with Crippen molar-refractivity contribution >= 4 is 55.2 Å². The second kappa shape index (κ2) is 7.24. The molecule has 0 heterocycles. The Morgan fingerprint density at radius 1 is 1.47 bits per heavy atom. The minimum absolute atomic E-state index is 0.0119. The molecule has 1 aromatic rings. The molecule has 0 saturated carbocycles. The van der Waals surface area contributed by atoms with Gasteiger partial charge in [-0.1, -0.05) is 6.08 Å². The minimum atomic E-state index is -0.0119. The molecule has 0 fully saturated rings. The van der Waals surface area contributed by atoms with E-state index in [1.165, 1.54) is 11.8 Å². The minimum Gasteiger partial charge on any atom is -0.323 e. The van der Waals surface area contributed by atoms with E-state index in [2.05, 4.69) is 43.8 Å². The van der Waals surface area contributed by atoms with E-state index in [0.717, 1.165) is 25.9 Å². The molecule has 0 aromatic heterocycles. The van der Waals surface area contributed by atoms with Crippen molar-refractivity contribution in [2.24, 2.45) is 0 Å². The fraction of sp³-hybridized carbons (Fsp3) is 0.250. The SMILES string of the molecule is C=CCSCC(=O)Nc1c(Br)cc(C)cc1Br. The number of rotatable bonds is 5. The molecule has 0 atom stereocenters. The molecule has 1 amide bonds. The molecule has 0 aliphatic carbocycles. The summed E-state index contributed by atoms with van der Waals surface area (Å²) in [7, 11) is 0. The number of carbonyl (C=O) groups is 1. The molecular formula is C12H13Br2NOS. The van der Waals surface area contributed by atoms with Crippen molar-refractivity contribution in [1.82, 2.24) is 0 Å². The maximum absolute atomic E-state index is 11.7. The molecule has 1 N–H and O–H groups in total. The zero-order valence-corrected chi connectivity index (χ0v) is 13.4. The number of nitrogens with one attached hydrogen (secondary N) is 1. The molecule has 92 valence electrons. The van der Waals surface area contributed by atoms with Gasteiger partial charge in [-0.3, -0.25) is 4.79 Å². The summed E-state index contributed by atoms with van der Waals surface area (Å²) in [6.07, 6.45) is 1.79. The van der Waals surface area contributed by atoms with Crippen molar-refractivity contribution < 1.29 is 4.79 Å². The maximum Gasteiger partial charge on any atom is 0.234 e. The summed E-state index contributed by atoms with van der Waals surface area (Å²) < 4.78 is 1.76. The summed E-state index contributed by atoms with van der Waals surface area (Å²) in [5.74, 6) is 1.20. The molecule has 0 bridgehead atoms. The maximum atomic E-state index is 11.7. The molecule has 1 aromatic carbocycles. The first-order valence-electron chi connectivity index (χ1n) is 4.98. The number of amides is 1. The van der Waals surface area contributed by atoms with E-state index in [1.807, 2.05) is 19.1 Å². The number of hydrogen-bond donors (Lipinski definition) is 1. The van der Waals surface area contributed by atoms with Crippen LogP contribution in [-0.4, -0.2) is 17.4 Å². The Hall–Kier alpha value is -0.260. The predicted octanol–water partition coefficient (Wildman–Crippen LogP) is 4.38. The van der Waals surface area contributed by atoms with Crippen molar-refractivity contribution in [3.63, 3.8) is 0 Å². The fourth-order valence-electron chi connectivity index (χ4n) is 1.23. The van der Waals surface area contributed by atoms with E-state index >= 15 is 0 Å². The first-order valence-corrected chi connectivity index (χ1v) is 7.72. The van der Waals surface area contributed by atoms with Crippen LogP contribution in [0.5, 0.6) is 0 Å². The molecule has 0 spiro atoms. The van der Waals surface area contributed by atoms with Crippen LogP contribution < -0.4 is 5.32 Å². The third-order valence-electron chi connectivity index (χ3n) is 1.92. The monoisotopic (exact) mass is 377 g/mol. The Bertz CT molecular complexity index is 412. The van der Waals surface area contributed by atoms with Gasteiger partial charge in [0.25, 0.3) is 0 Å². The van der Waals surface area contributed by atoms with Gasteiger partial charge in [0.1, 0.15) is 0 Å². The zero-order chi connectivity index (χ0) is 12.8. The lowest BCUT2D eigenvalue weighted by Gasteiger charge is -2.10. The van der Waals surface area contributed by atoms with E-state index < -0.39 is 0 Å². The second-order valence-corrected chi connectivity index (χ2v) is 6.19. The van der Waals surface area contributed by atoms with Crippen LogP contribution in [0.3, 0.4) is 0 Å². The van der Waals surface area contributed by atoms with Gasteiger partial charge in [-0.25, -0.2) is 0 Å². The van der Waals surface area contributed by atoms with Gasteiger partial charge in [-0.15, -0.1) is 18.3 Å². The molecule has 17 heavy (non-hydrogen) atoms. The van der Waals surface area contributed by atoms with Crippen molar-refractivity contribution in [2.75, 3.05) is 16.8 Å². The highest BCUT2D eigenvalue weighted by Crippen LogP contribution is 2.32. The summed E-state index contributed by atoms with van der Waals surface area (Å²) in [5, 5.41) is 2.88. The number of halogens is 2. The van der Waals surface area contributed by atoms with Crippen LogP contribution in [-0.2, 0) is 4.79 Å². The van der Waals surface area contributed by atoms with Crippen LogP contribution in [0.4, 0.5) is 5.69 Å². The first kappa shape index (κ1) is 14.8. The van der Waals surface area contributed by atoms with Crippen molar-refractivity contribution in [2.45, 2.75) is 6.92 Å². The van der Waals surface area contributed by atoms with Gasteiger partial charge < -0.3 is 5.32 Å².